The van der Waals surface area contributed by atoms with E-state index in [1.165, 1.54) is 19.2 Å². The molecular formula is C20H23F3N2O3S. The summed E-state index contributed by atoms with van der Waals surface area (Å²) in [4.78, 5) is 11.7. The van der Waals surface area contributed by atoms with Gasteiger partial charge in [0.25, 0.3) is 0 Å². The largest absolute Gasteiger partial charge is 0.493 e. The molecule has 0 aliphatic rings. The Morgan fingerprint density at radius 2 is 1.76 bits per heavy atom. The number of nitrogens with one attached hydrogen (secondary N) is 2. The van der Waals surface area contributed by atoms with Crippen molar-refractivity contribution in [1.29, 1.82) is 0 Å². The third-order valence-electron chi connectivity index (χ3n) is 4.03. The first kappa shape index (κ1) is 22.9. The minimum atomic E-state index is -4.31. The molecule has 29 heavy (non-hydrogen) atoms. The number of likely N-dealkylation sites (N-methyl/N-ethyl adjacent to an activating group) is 1. The van der Waals surface area contributed by atoms with Gasteiger partial charge in [-0.2, -0.15) is 13.2 Å². The van der Waals surface area contributed by atoms with Gasteiger partial charge in [0.2, 0.25) is 5.91 Å². The SMILES string of the molecule is CNC(=O)C(C)NCc1ccc(OCc2ccc(SC(F)(F)F)cc2)c(OC)c1. The molecule has 0 spiro atoms. The standard InChI is InChI=1S/C20H23F3N2O3S/c1-13(19(26)24-2)25-11-15-6-9-17(18(10-15)27-3)28-12-14-4-7-16(8-5-14)29-20(21,22)23/h4-10,13,25H,11-12H2,1-3H3,(H,24,26). The van der Waals surface area contributed by atoms with Crippen molar-refractivity contribution in [3.8, 4) is 11.5 Å². The van der Waals surface area contributed by atoms with Crippen molar-refractivity contribution < 1.29 is 27.4 Å². The maximum absolute atomic E-state index is 12.4. The third kappa shape index (κ3) is 7.51. The topological polar surface area (TPSA) is 59.6 Å². The van der Waals surface area contributed by atoms with Crippen molar-refractivity contribution in [2.75, 3.05) is 14.2 Å². The van der Waals surface area contributed by atoms with E-state index in [-0.39, 0.29) is 35.2 Å². The molecular weight excluding hydrogens is 405 g/mol. The highest BCUT2D eigenvalue weighted by Crippen LogP contribution is 2.36. The van der Waals surface area contributed by atoms with Crippen LogP contribution in [0.5, 0.6) is 11.5 Å². The molecule has 0 radical (unpaired) electrons. The molecule has 158 valence electrons. The number of rotatable bonds is 9. The van der Waals surface area contributed by atoms with Gasteiger partial charge in [-0.25, -0.2) is 0 Å². The van der Waals surface area contributed by atoms with Crippen LogP contribution < -0.4 is 20.1 Å². The quantitative estimate of drug-likeness (QED) is 0.589. The van der Waals surface area contributed by atoms with Crippen molar-refractivity contribution in [2.45, 2.75) is 36.5 Å². The summed E-state index contributed by atoms with van der Waals surface area (Å²) in [6.45, 7) is 2.44. The van der Waals surface area contributed by atoms with E-state index in [4.69, 9.17) is 9.47 Å². The fraction of sp³-hybridized carbons (Fsp3) is 0.350. The molecule has 2 rings (SSSR count). The lowest BCUT2D eigenvalue weighted by Crippen LogP contribution is -2.40. The summed E-state index contributed by atoms with van der Waals surface area (Å²) in [5.41, 5.74) is -2.65. The van der Waals surface area contributed by atoms with Gasteiger partial charge in [0, 0.05) is 18.5 Å². The van der Waals surface area contributed by atoms with E-state index in [1.807, 2.05) is 12.1 Å². The Bertz CT molecular complexity index is 814. The summed E-state index contributed by atoms with van der Waals surface area (Å²) in [5.74, 6) is 0.946. The van der Waals surface area contributed by atoms with Crippen LogP contribution >= 0.6 is 11.8 Å². The Kier molecular flexibility index (Phi) is 8.21. The summed E-state index contributed by atoms with van der Waals surface area (Å²) in [6, 6.07) is 11.1. The van der Waals surface area contributed by atoms with Gasteiger partial charge in [0.15, 0.2) is 11.5 Å². The molecule has 2 aromatic rings. The second-order valence-corrected chi connectivity index (χ2v) is 7.32. The Hall–Kier alpha value is -2.39. The van der Waals surface area contributed by atoms with Crippen molar-refractivity contribution in [3.05, 3.63) is 53.6 Å². The van der Waals surface area contributed by atoms with Gasteiger partial charge >= 0.3 is 5.51 Å². The van der Waals surface area contributed by atoms with E-state index >= 15 is 0 Å². The lowest BCUT2D eigenvalue weighted by molar-refractivity contribution is -0.122. The second kappa shape index (κ2) is 10.4. The number of ether oxygens (including phenoxy) is 2. The molecule has 0 aliphatic heterocycles. The molecule has 0 aromatic heterocycles. The van der Waals surface area contributed by atoms with Gasteiger partial charge in [-0.05, 0) is 54.1 Å². The van der Waals surface area contributed by atoms with E-state index in [1.54, 1.807) is 32.2 Å². The molecule has 9 heteroatoms. The number of hydrogen-bond acceptors (Lipinski definition) is 5. The van der Waals surface area contributed by atoms with Crippen LogP contribution in [-0.2, 0) is 17.9 Å². The number of halogens is 3. The average Bonchev–Trinajstić information content (AvgIpc) is 2.69. The molecule has 2 aromatic carbocycles. The predicted octanol–water partition coefficient (Wildman–Crippen LogP) is 4.11. The van der Waals surface area contributed by atoms with E-state index in [0.29, 0.717) is 18.0 Å². The van der Waals surface area contributed by atoms with E-state index < -0.39 is 5.51 Å². The summed E-state index contributed by atoms with van der Waals surface area (Å²) >= 11 is -0.151. The Balaban J connectivity index is 1.96. The molecule has 0 saturated heterocycles. The molecule has 1 unspecified atom stereocenters. The Morgan fingerprint density at radius 1 is 1.10 bits per heavy atom. The van der Waals surface area contributed by atoms with E-state index in [9.17, 15) is 18.0 Å². The second-order valence-electron chi connectivity index (χ2n) is 6.18. The first-order valence-electron chi connectivity index (χ1n) is 8.81. The van der Waals surface area contributed by atoms with Crippen molar-refractivity contribution in [1.82, 2.24) is 10.6 Å². The zero-order valence-corrected chi connectivity index (χ0v) is 17.1. The number of benzene rings is 2. The van der Waals surface area contributed by atoms with Gasteiger partial charge in [-0.1, -0.05) is 18.2 Å². The number of methoxy groups -OCH3 is 1. The van der Waals surface area contributed by atoms with Crippen LogP contribution in [0.25, 0.3) is 0 Å². The number of hydrogen-bond donors (Lipinski definition) is 2. The predicted molar refractivity (Wildman–Crippen MR) is 106 cm³/mol. The highest BCUT2D eigenvalue weighted by Gasteiger charge is 2.29. The first-order valence-corrected chi connectivity index (χ1v) is 9.63. The third-order valence-corrected chi connectivity index (χ3v) is 4.77. The average molecular weight is 428 g/mol. The minimum Gasteiger partial charge on any atom is -0.493 e. The molecule has 0 fully saturated rings. The van der Waals surface area contributed by atoms with Gasteiger partial charge < -0.3 is 20.1 Å². The van der Waals surface area contributed by atoms with Gasteiger partial charge in [0.05, 0.1) is 13.2 Å². The fourth-order valence-electron chi connectivity index (χ4n) is 2.47. The number of thioether (sulfide) groups is 1. The molecule has 0 bridgehead atoms. The van der Waals surface area contributed by atoms with Crippen LogP contribution in [0.1, 0.15) is 18.1 Å². The maximum atomic E-state index is 12.4. The van der Waals surface area contributed by atoms with Crippen LogP contribution in [0, 0.1) is 0 Å². The number of alkyl halides is 3. The van der Waals surface area contributed by atoms with E-state index in [0.717, 1.165) is 11.1 Å². The highest BCUT2D eigenvalue weighted by atomic mass is 32.2. The number of amides is 1. The van der Waals surface area contributed by atoms with Gasteiger partial charge in [0.1, 0.15) is 6.61 Å². The van der Waals surface area contributed by atoms with Crippen molar-refractivity contribution in [3.63, 3.8) is 0 Å². The summed E-state index contributed by atoms with van der Waals surface area (Å²) in [5, 5.41) is 5.69. The summed E-state index contributed by atoms with van der Waals surface area (Å²) < 4.78 is 48.3. The molecule has 1 amide bonds. The lowest BCUT2D eigenvalue weighted by atomic mass is 10.2. The van der Waals surface area contributed by atoms with Gasteiger partial charge in [-0.15, -0.1) is 0 Å². The Morgan fingerprint density at radius 3 is 2.34 bits per heavy atom. The Labute approximate surface area is 172 Å². The smallest absolute Gasteiger partial charge is 0.446 e. The minimum absolute atomic E-state index is 0.100. The first-order chi connectivity index (χ1) is 13.7. The number of carbonyl (C=O) groups excluding carboxylic acids is 1. The fourth-order valence-corrected chi connectivity index (χ4v) is 3.01. The zero-order valence-electron chi connectivity index (χ0n) is 16.3. The molecule has 0 saturated carbocycles. The molecule has 0 aliphatic carbocycles. The summed E-state index contributed by atoms with van der Waals surface area (Å²) in [6.07, 6.45) is 0. The van der Waals surface area contributed by atoms with Crippen LogP contribution in [0.3, 0.4) is 0 Å². The number of carbonyl (C=O) groups is 1. The van der Waals surface area contributed by atoms with E-state index in [2.05, 4.69) is 10.6 Å². The van der Waals surface area contributed by atoms with Crippen molar-refractivity contribution >= 4 is 17.7 Å². The molecule has 2 N–H and O–H groups in total. The monoisotopic (exact) mass is 428 g/mol. The normalized spacial score (nSPS) is 12.3. The van der Waals surface area contributed by atoms with Crippen LogP contribution in [0.15, 0.2) is 47.4 Å². The van der Waals surface area contributed by atoms with Gasteiger partial charge in [-0.3, -0.25) is 4.79 Å². The van der Waals surface area contributed by atoms with Crippen molar-refractivity contribution in [2.24, 2.45) is 0 Å². The molecule has 1 atom stereocenters. The summed E-state index contributed by atoms with van der Waals surface area (Å²) in [7, 11) is 3.11. The van der Waals surface area contributed by atoms with Crippen LogP contribution in [-0.4, -0.2) is 31.6 Å². The van der Waals surface area contributed by atoms with Crippen LogP contribution in [0.4, 0.5) is 13.2 Å². The maximum Gasteiger partial charge on any atom is 0.446 e. The zero-order chi connectivity index (χ0) is 21.4. The highest BCUT2D eigenvalue weighted by molar-refractivity contribution is 8.00. The molecule has 5 nitrogen and oxygen atoms in total. The molecule has 0 heterocycles. The van der Waals surface area contributed by atoms with Crippen LogP contribution in [0.2, 0.25) is 0 Å². The lowest BCUT2D eigenvalue weighted by Gasteiger charge is -2.15.